The average Bonchev–Trinajstić information content (AvgIpc) is 2.46. The highest BCUT2D eigenvalue weighted by molar-refractivity contribution is 6.02. The predicted octanol–water partition coefficient (Wildman–Crippen LogP) is 2.79. The smallest absolute Gasteiger partial charge is 0.222 e. The van der Waals surface area contributed by atoms with E-state index in [0.717, 1.165) is 0 Å². The summed E-state index contributed by atoms with van der Waals surface area (Å²) >= 11 is 0. The minimum absolute atomic E-state index is 0.0359. The number of aliphatic hydroxyl groups excluding tert-OH is 1. The van der Waals surface area contributed by atoms with Crippen LogP contribution in [0.2, 0.25) is 0 Å². The first-order valence-electron chi connectivity index (χ1n) is 5.85. The molecule has 0 amide bonds. The molecule has 2 rings (SSSR count). The van der Waals surface area contributed by atoms with Crippen molar-refractivity contribution < 1.29 is 15.1 Å². The van der Waals surface area contributed by atoms with Crippen LogP contribution < -0.4 is 0 Å². The lowest BCUT2D eigenvalue weighted by Crippen LogP contribution is -2.06. The van der Waals surface area contributed by atoms with Gasteiger partial charge in [0.15, 0.2) is 0 Å². The number of hydrogen-bond donors (Lipinski definition) is 2. The van der Waals surface area contributed by atoms with Gasteiger partial charge in [0, 0.05) is 23.3 Å². The highest BCUT2D eigenvalue weighted by atomic mass is 16.8. The Hall–Kier alpha value is -2.95. The summed E-state index contributed by atoms with van der Waals surface area (Å²) in [6.45, 7) is 0. The fourth-order valence-electron chi connectivity index (χ4n) is 1.65. The van der Waals surface area contributed by atoms with E-state index in [-0.39, 0.29) is 17.2 Å². The van der Waals surface area contributed by atoms with E-state index in [1.807, 2.05) is 0 Å². The highest BCUT2D eigenvalue weighted by Gasteiger charge is 2.05. The van der Waals surface area contributed by atoms with Crippen LogP contribution >= 0.6 is 0 Å². The van der Waals surface area contributed by atoms with Crippen molar-refractivity contribution in [1.82, 2.24) is 0 Å². The van der Waals surface area contributed by atoms with Gasteiger partial charge in [0.1, 0.15) is 11.5 Å². The maximum Gasteiger partial charge on any atom is 0.222 e. The summed E-state index contributed by atoms with van der Waals surface area (Å²) in [5.74, 6) is 0.0726. The van der Waals surface area contributed by atoms with Crippen LogP contribution in [-0.2, 0) is 0 Å². The van der Waals surface area contributed by atoms with Gasteiger partial charge in [0.05, 0.1) is 0 Å². The molecule has 2 N–H and O–H groups in total. The fourth-order valence-corrected chi connectivity index (χ4v) is 1.65. The first-order valence-corrected chi connectivity index (χ1v) is 5.85. The number of para-hydroxylation sites is 1. The lowest BCUT2D eigenvalue weighted by atomic mass is 10.1. The standard InChI is InChI=1S/C15H12NO4/c17-14-4-2-1-3-11(14)7-10-15(18)12-5-8-13(9-6-12)16(19)20/h1-10H,(H2-,17,18,19,20)/q-1/b10-7+. The van der Waals surface area contributed by atoms with E-state index in [4.69, 9.17) is 0 Å². The third-order valence-corrected chi connectivity index (χ3v) is 2.73. The second-order valence-corrected chi connectivity index (χ2v) is 4.08. The maximum absolute atomic E-state index is 10.5. The molecule has 1 aliphatic carbocycles. The van der Waals surface area contributed by atoms with Crippen molar-refractivity contribution in [2.24, 2.45) is 0 Å². The van der Waals surface area contributed by atoms with Gasteiger partial charge in [-0.15, -0.1) is 0 Å². The third kappa shape index (κ3) is 3.08. The van der Waals surface area contributed by atoms with E-state index in [0.29, 0.717) is 11.1 Å². The Bertz CT molecular complexity index is 644. The fraction of sp³-hybridized carbons (Fsp3) is 0. The van der Waals surface area contributed by atoms with Crippen molar-refractivity contribution in [2.75, 3.05) is 0 Å². The minimum Gasteiger partial charge on any atom is -0.612 e. The van der Waals surface area contributed by atoms with Crippen LogP contribution in [-0.4, -0.2) is 20.8 Å². The third-order valence-electron chi connectivity index (χ3n) is 2.73. The van der Waals surface area contributed by atoms with Crippen LogP contribution in [0.1, 0.15) is 5.56 Å². The molecule has 20 heavy (non-hydrogen) atoms. The van der Waals surface area contributed by atoms with E-state index in [1.165, 1.54) is 30.4 Å². The molecule has 102 valence electrons. The largest absolute Gasteiger partial charge is 0.612 e. The summed E-state index contributed by atoms with van der Waals surface area (Å²) < 4.78 is 0. The molecule has 0 saturated heterocycles. The monoisotopic (exact) mass is 270 g/mol. The van der Waals surface area contributed by atoms with Crippen LogP contribution in [0.4, 0.5) is 0 Å². The number of aliphatic hydroxyl groups is 1. The molecular formula is C15H12NO4-. The summed E-state index contributed by atoms with van der Waals surface area (Å²) in [5.41, 5.74) is 0.995. The molecule has 0 spiro atoms. The van der Waals surface area contributed by atoms with Gasteiger partial charge >= 0.3 is 0 Å². The van der Waals surface area contributed by atoms with Crippen molar-refractivity contribution in [2.45, 2.75) is 0 Å². The lowest BCUT2D eigenvalue weighted by molar-refractivity contribution is -0.377. The molecule has 1 aromatic rings. The van der Waals surface area contributed by atoms with E-state index >= 15 is 0 Å². The molecule has 0 aliphatic heterocycles. The van der Waals surface area contributed by atoms with Crippen LogP contribution in [0, 0.1) is 10.4 Å². The Kier molecular flexibility index (Phi) is 3.91. The second-order valence-electron chi connectivity index (χ2n) is 4.08. The molecule has 0 unspecified atom stereocenters. The van der Waals surface area contributed by atoms with E-state index in [9.17, 15) is 20.6 Å². The Morgan fingerprint density at radius 3 is 2.30 bits per heavy atom. The summed E-state index contributed by atoms with van der Waals surface area (Å²) in [5, 5.41) is 40.5. The van der Waals surface area contributed by atoms with Gasteiger partial charge in [-0.1, -0.05) is 18.2 Å². The van der Waals surface area contributed by atoms with E-state index in [1.54, 1.807) is 30.3 Å². The van der Waals surface area contributed by atoms with Gasteiger partial charge in [-0.2, -0.15) is 4.90 Å². The zero-order valence-electron chi connectivity index (χ0n) is 10.4. The van der Waals surface area contributed by atoms with Crippen molar-refractivity contribution >= 4 is 11.8 Å². The first-order chi connectivity index (χ1) is 9.58. The van der Waals surface area contributed by atoms with Crippen LogP contribution in [0.5, 0.6) is 5.75 Å². The van der Waals surface area contributed by atoms with Crippen molar-refractivity contribution in [1.29, 1.82) is 0 Å². The normalized spacial score (nSPS) is 14.0. The molecule has 5 nitrogen and oxygen atoms in total. The molecule has 1 aliphatic rings. The Labute approximate surface area is 115 Å². The number of hydrogen-bond acceptors (Lipinski definition) is 4. The van der Waals surface area contributed by atoms with Crippen molar-refractivity contribution in [3.63, 3.8) is 0 Å². The van der Waals surface area contributed by atoms with Crippen LogP contribution in [0.15, 0.2) is 66.0 Å². The van der Waals surface area contributed by atoms with Gasteiger partial charge in [0.2, 0.25) is 5.71 Å². The zero-order chi connectivity index (χ0) is 14.5. The second kappa shape index (κ2) is 5.79. The van der Waals surface area contributed by atoms with Gasteiger partial charge in [0.25, 0.3) is 0 Å². The zero-order valence-corrected chi connectivity index (χ0v) is 10.4. The van der Waals surface area contributed by atoms with Crippen LogP contribution in [0.3, 0.4) is 0 Å². The summed E-state index contributed by atoms with van der Waals surface area (Å²) in [4.78, 5) is -0.501. The van der Waals surface area contributed by atoms with Crippen LogP contribution in [0.25, 0.3) is 6.08 Å². The number of rotatable bonds is 2. The summed E-state index contributed by atoms with van der Waals surface area (Å²) in [7, 11) is 0. The number of aromatic hydroxyl groups is 1. The maximum atomic E-state index is 10.5. The quantitative estimate of drug-likeness (QED) is 0.491. The number of phenolic OH excluding ortho intramolecular Hbond substituents is 1. The molecule has 0 bridgehead atoms. The molecule has 0 radical (unpaired) electrons. The highest BCUT2D eigenvalue weighted by Crippen LogP contribution is 2.19. The number of phenols is 1. The molecule has 0 atom stereocenters. The SMILES string of the molecule is [O-][N+]([O-])=C1C=CC(=C(O)/C=C/c2ccccc2O)C=C1. The summed E-state index contributed by atoms with van der Waals surface area (Å²) in [6, 6.07) is 6.71. The van der Waals surface area contributed by atoms with E-state index in [2.05, 4.69) is 0 Å². The van der Waals surface area contributed by atoms with Gasteiger partial charge < -0.3 is 20.6 Å². The summed E-state index contributed by atoms with van der Waals surface area (Å²) in [6.07, 6.45) is 8.55. The molecule has 1 aromatic carbocycles. The molecule has 0 fully saturated rings. The molecule has 5 heteroatoms. The Morgan fingerprint density at radius 1 is 1.05 bits per heavy atom. The molecular weight excluding hydrogens is 258 g/mol. The molecule has 0 aromatic heterocycles. The number of benzene rings is 1. The lowest BCUT2D eigenvalue weighted by Gasteiger charge is -2.08. The number of nitrogens with zero attached hydrogens (tertiary/aromatic N) is 1. The Balaban J connectivity index is 2.21. The molecule has 0 saturated carbocycles. The average molecular weight is 270 g/mol. The van der Waals surface area contributed by atoms with Gasteiger partial charge in [-0.3, -0.25) is 0 Å². The predicted molar refractivity (Wildman–Crippen MR) is 77.1 cm³/mol. The van der Waals surface area contributed by atoms with Crippen molar-refractivity contribution in [3.05, 3.63) is 82.0 Å². The first kappa shape index (κ1) is 13.5. The van der Waals surface area contributed by atoms with Gasteiger partial charge in [-0.05, 0) is 30.4 Å². The van der Waals surface area contributed by atoms with Gasteiger partial charge in [-0.25, -0.2) is 0 Å². The number of allylic oxidation sites excluding steroid dienone is 6. The minimum atomic E-state index is -0.501. The van der Waals surface area contributed by atoms with E-state index < -0.39 is 4.90 Å². The molecule has 0 heterocycles. The Morgan fingerprint density at radius 2 is 1.70 bits per heavy atom. The topological polar surface area (TPSA) is 89.6 Å². The van der Waals surface area contributed by atoms with Crippen molar-refractivity contribution in [3.8, 4) is 5.75 Å².